The minimum atomic E-state index is -0.515. The monoisotopic (exact) mass is 336 g/mol. The summed E-state index contributed by atoms with van der Waals surface area (Å²) in [6, 6.07) is 11.1. The summed E-state index contributed by atoms with van der Waals surface area (Å²) in [7, 11) is 0. The third kappa shape index (κ3) is 2.84. The Morgan fingerprint density at radius 3 is 2.68 bits per heavy atom. The van der Waals surface area contributed by atoms with Gasteiger partial charge in [-0.2, -0.15) is 5.21 Å². The van der Waals surface area contributed by atoms with E-state index in [1.165, 1.54) is 0 Å². The molecule has 0 amide bonds. The quantitative estimate of drug-likeness (QED) is 0.739. The Labute approximate surface area is 144 Å². The highest BCUT2D eigenvalue weighted by atomic mass is 16.6. The molecule has 2 aromatic carbocycles. The highest BCUT2D eigenvalue weighted by molar-refractivity contribution is 6.11. The second kappa shape index (κ2) is 6.01. The Morgan fingerprint density at radius 2 is 1.96 bits per heavy atom. The average Bonchev–Trinajstić information content (AvgIpc) is 3.15. The summed E-state index contributed by atoms with van der Waals surface area (Å²) < 4.78 is 11.8. The topological polar surface area (TPSA) is 90.0 Å². The fourth-order valence-electron chi connectivity index (χ4n) is 2.77. The van der Waals surface area contributed by atoms with Crippen LogP contribution in [0.1, 0.15) is 39.0 Å². The van der Waals surface area contributed by atoms with E-state index in [-0.39, 0.29) is 12.4 Å². The van der Waals surface area contributed by atoms with Crippen molar-refractivity contribution >= 4 is 5.78 Å². The number of tetrazole rings is 1. The van der Waals surface area contributed by atoms with Gasteiger partial charge in [-0.05, 0) is 31.5 Å². The number of carbonyl (C=O) groups is 1. The molecule has 0 saturated carbocycles. The van der Waals surface area contributed by atoms with E-state index in [1.54, 1.807) is 0 Å². The number of aromatic nitrogens is 4. The van der Waals surface area contributed by atoms with Gasteiger partial charge in [0.1, 0.15) is 6.61 Å². The average molecular weight is 336 g/mol. The van der Waals surface area contributed by atoms with Gasteiger partial charge in [0, 0.05) is 5.56 Å². The molecule has 25 heavy (non-hydrogen) atoms. The first-order chi connectivity index (χ1) is 12.1. The van der Waals surface area contributed by atoms with Crippen molar-refractivity contribution in [2.45, 2.75) is 20.0 Å². The maximum Gasteiger partial charge on any atom is 0.218 e. The fraction of sp³-hybridized carbons (Fsp3) is 0.222. The van der Waals surface area contributed by atoms with Crippen LogP contribution in [0.15, 0.2) is 36.4 Å². The zero-order chi connectivity index (χ0) is 17.4. The van der Waals surface area contributed by atoms with Crippen molar-refractivity contribution in [3.05, 3.63) is 64.5 Å². The van der Waals surface area contributed by atoms with Crippen LogP contribution in [0, 0.1) is 13.8 Å². The molecule has 0 bridgehead atoms. The summed E-state index contributed by atoms with van der Waals surface area (Å²) in [5, 5.41) is 13.8. The number of hydrogen-bond acceptors (Lipinski definition) is 6. The molecule has 0 saturated heterocycles. The smallest absolute Gasteiger partial charge is 0.218 e. The number of H-pyrrole nitrogens is 1. The molecule has 0 aliphatic carbocycles. The molecule has 1 atom stereocenters. The molecule has 1 aliphatic heterocycles. The second-order valence-electron chi connectivity index (χ2n) is 6.02. The van der Waals surface area contributed by atoms with Crippen LogP contribution >= 0.6 is 0 Å². The zero-order valence-electron chi connectivity index (χ0n) is 13.8. The number of hydrogen-bond donors (Lipinski definition) is 1. The summed E-state index contributed by atoms with van der Waals surface area (Å²) in [6.07, 6.45) is -0.515. The molecule has 1 aromatic heterocycles. The van der Waals surface area contributed by atoms with Crippen molar-refractivity contribution in [3.63, 3.8) is 0 Å². The number of carbonyl (C=O) groups excluding carboxylic acids is 1. The van der Waals surface area contributed by atoms with Crippen molar-refractivity contribution in [3.8, 4) is 11.5 Å². The van der Waals surface area contributed by atoms with Crippen LogP contribution in [-0.4, -0.2) is 33.0 Å². The van der Waals surface area contributed by atoms with Gasteiger partial charge in [0.2, 0.25) is 5.82 Å². The van der Waals surface area contributed by atoms with Crippen LogP contribution in [-0.2, 0) is 0 Å². The predicted molar refractivity (Wildman–Crippen MR) is 88.8 cm³/mol. The number of nitrogens with zero attached hydrogens (tertiary/aromatic N) is 3. The van der Waals surface area contributed by atoms with Crippen LogP contribution in [0.4, 0.5) is 0 Å². The van der Waals surface area contributed by atoms with E-state index in [4.69, 9.17) is 9.47 Å². The number of ether oxygens (including phenoxy) is 2. The number of aromatic amines is 1. The van der Waals surface area contributed by atoms with Gasteiger partial charge in [0.25, 0.3) is 0 Å². The van der Waals surface area contributed by atoms with E-state index >= 15 is 0 Å². The van der Waals surface area contributed by atoms with E-state index in [1.807, 2.05) is 50.2 Å². The normalized spacial score (nSPS) is 15.8. The summed E-state index contributed by atoms with van der Waals surface area (Å²) >= 11 is 0. The summed E-state index contributed by atoms with van der Waals surface area (Å²) in [5.74, 6) is 1.24. The van der Waals surface area contributed by atoms with E-state index in [2.05, 4.69) is 20.6 Å². The van der Waals surface area contributed by atoms with Gasteiger partial charge in [-0.15, -0.1) is 10.2 Å². The molecule has 3 aromatic rings. The van der Waals surface area contributed by atoms with Crippen molar-refractivity contribution in [2.24, 2.45) is 0 Å². The van der Waals surface area contributed by atoms with Gasteiger partial charge in [-0.25, -0.2) is 0 Å². The van der Waals surface area contributed by atoms with Gasteiger partial charge in [0.05, 0.1) is 5.56 Å². The standard InChI is InChI=1S/C18H16N4O3/c1-10-3-5-12(6-4-10)16(23)13-7-11(2)8-14-17(13)25-15(9-24-14)18-19-21-22-20-18/h3-8,15H,9H2,1-2H3,(H,19,20,21,22). The first kappa shape index (κ1) is 15.3. The van der Waals surface area contributed by atoms with Crippen LogP contribution in [0.25, 0.3) is 0 Å². The van der Waals surface area contributed by atoms with Gasteiger partial charge in [-0.1, -0.05) is 35.0 Å². The van der Waals surface area contributed by atoms with Crippen molar-refractivity contribution < 1.29 is 14.3 Å². The Bertz CT molecular complexity index is 920. The van der Waals surface area contributed by atoms with Crippen LogP contribution in [0.5, 0.6) is 11.5 Å². The van der Waals surface area contributed by atoms with E-state index in [0.717, 1.165) is 11.1 Å². The zero-order valence-corrected chi connectivity index (χ0v) is 13.8. The lowest BCUT2D eigenvalue weighted by molar-refractivity contribution is 0.0814. The molecule has 7 nitrogen and oxygen atoms in total. The van der Waals surface area contributed by atoms with Crippen molar-refractivity contribution in [2.75, 3.05) is 6.61 Å². The van der Waals surface area contributed by atoms with Crippen LogP contribution in [0.2, 0.25) is 0 Å². The molecule has 1 unspecified atom stereocenters. The van der Waals surface area contributed by atoms with Gasteiger partial charge >= 0.3 is 0 Å². The minimum Gasteiger partial charge on any atom is -0.485 e. The molecular formula is C18H16N4O3. The molecule has 0 spiro atoms. The number of ketones is 1. The maximum absolute atomic E-state index is 13.0. The van der Waals surface area contributed by atoms with E-state index in [9.17, 15) is 4.79 Å². The van der Waals surface area contributed by atoms with E-state index in [0.29, 0.717) is 28.5 Å². The van der Waals surface area contributed by atoms with Crippen molar-refractivity contribution in [1.82, 2.24) is 20.6 Å². The Balaban J connectivity index is 1.75. The third-order valence-electron chi connectivity index (χ3n) is 4.06. The van der Waals surface area contributed by atoms with E-state index < -0.39 is 6.10 Å². The molecular weight excluding hydrogens is 320 g/mol. The molecule has 7 heteroatoms. The van der Waals surface area contributed by atoms with Gasteiger partial charge < -0.3 is 9.47 Å². The predicted octanol–water partition coefficient (Wildman–Crippen LogP) is 2.56. The lowest BCUT2D eigenvalue weighted by Crippen LogP contribution is -2.24. The fourth-order valence-corrected chi connectivity index (χ4v) is 2.77. The highest BCUT2D eigenvalue weighted by Gasteiger charge is 2.30. The van der Waals surface area contributed by atoms with Gasteiger partial charge in [-0.3, -0.25) is 4.79 Å². The Morgan fingerprint density at radius 1 is 1.16 bits per heavy atom. The maximum atomic E-state index is 13.0. The van der Waals surface area contributed by atoms with Crippen molar-refractivity contribution in [1.29, 1.82) is 0 Å². The highest BCUT2D eigenvalue weighted by Crippen LogP contribution is 2.40. The third-order valence-corrected chi connectivity index (χ3v) is 4.06. The van der Waals surface area contributed by atoms with Gasteiger partial charge in [0.15, 0.2) is 23.4 Å². The Hall–Kier alpha value is -3.22. The summed E-state index contributed by atoms with van der Waals surface area (Å²) in [4.78, 5) is 13.0. The molecule has 1 aliphatic rings. The lowest BCUT2D eigenvalue weighted by Gasteiger charge is -2.26. The molecule has 0 radical (unpaired) electrons. The molecule has 0 fully saturated rings. The number of fused-ring (bicyclic) bond motifs is 1. The molecule has 126 valence electrons. The lowest BCUT2D eigenvalue weighted by atomic mass is 9.99. The second-order valence-corrected chi connectivity index (χ2v) is 6.02. The molecule has 2 heterocycles. The number of rotatable bonds is 3. The van der Waals surface area contributed by atoms with Crippen LogP contribution in [0.3, 0.4) is 0 Å². The summed E-state index contributed by atoms with van der Waals surface area (Å²) in [5.41, 5.74) is 3.09. The number of aryl methyl sites for hydroxylation is 2. The summed E-state index contributed by atoms with van der Waals surface area (Å²) in [6.45, 7) is 4.16. The minimum absolute atomic E-state index is 0.114. The Kier molecular flexibility index (Phi) is 3.68. The largest absolute Gasteiger partial charge is 0.485 e. The molecule has 4 rings (SSSR count). The number of nitrogens with one attached hydrogen (secondary N) is 1. The molecule has 1 N–H and O–H groups in total. The first-order valence-corrected chi connectivity index (χ1v) is 7.90. The number of benzene rings is 2. The SMILES string of the molecule is Cc1ccc(C(=O)c2cc(C)cc3c2OC(c2nn[nH]n2)CO3)cc1. The first-order valence-electron chi connectivity index (χ1n) is 7.90. The van der Waals surface area contributed by atoms with Crippen LogP contribution < -0.4 is 9.47 Å².